The molecule has 2 aliphatic heterocycles. The first-order valence-electron chi connectivity index (χ1n) is 8.64. The molecule has 2 bridgehead atoms. The van der Waals surface area contributed by atoms with Gasteiger partial charge in [0.2, 0.25) is 0 Å². The Balaban J connectivity index is 1.90. The van der Waals surface area contributed by atoms with E-state index >= 15 is 0 Å². The lowest BCUT2D eigenvalue weighted by atomic mass is 9.95. The van der Waals surface area contributed by atoms with Gasteiger partial charge in [0.05, 0.1) is 22.3 Å². The Kier molecular flexibility index (Phi) is 4.73. The van der Waals surface area contributed by atoms with Gasteiger partial charge in [0.25, 0.3) is 0 Å². The van der Waals surface area contributed by atoms with Gasteiger partial charge in [0.1, 0.15) is 0 Å². The summed E-state index contributed by atoms with van der Waals surface area (Å²) in [6, 6.07) is 12.9. The van der Waals surface area contributed by atoms with Crippen molar-refractivity contribution in [2.45, 2.75) is 0 Å². The molecule has 8 heteroatoms. The summed E-state index contributed by atoms with van der Waals surface area (Å²) in [5.41, 5.74) is 0.243. The second kappa shape index (κ2) is 7.51. The molecule has 0 radical (unpaired) electrons. The van der Waals surface area contributed by atoms with E-state index in [1.54, 1.807) is 24.3 Å². The van der Waals surface area contributed by atoms with Crippen LogP contribution in [0.1, 0.15) is 47.0 Å². The average molecular weight is 404 g/mol. The van der Waals surface area contributed by atoms with Crippen LogP contribution >= 0.6 is 0 Å². The maximum atomic E-state index is 12.8. The van der Waals surface area contributed by atoms with E-state index < -0.39 is 23.9 Å². The third-order valence-corrected chi connectivity index (χ3v) is 4.46. The molecule has 0 amide bonds. The quantitative estimate of drug-likeness (QED) is 0.566. The molecule has 0 fully saturated rings. The first-order chi connectivity index (χ1) is 14.5. The molecule has 0 N–H and O–H groups in total. The van der Waals surface area contributed by atoms with Crippen molar-refractivity contribution in [3.8, 4) is 0 Å². The van der Waals surface area contributed by atoms with Crippen LogP contribution in [0.25, 0.3) is 16.8 Å². The Bertz CT molecular complexity index is 1220. The number of benzene rings is 3. The number of carbonyl (C=O) groups excluding carboxylic acids is 4. The first-order valence-corrected chi connectivity index (χ1v) is 8.64. The highest BCUT2D eigenvalue weighted by molar-refractivity contribution is 6.15. The van der Waals surface area contributed by atoms with Gasteiger partial charge in [-0.2, -0.15) is 0 Å². The predicted octanol–water partition coefficient (Wildman–Crippen LogP) is 3.65. The molecule has 5 rings (SSSR count). The minimum atomic E-state index is -1.02. The SMILES string of the molecule is C=Cc1ccc2cccc3c2c1C(=O)OOC(=O)c1ccc(cc1)C(=O)OOC3=O. The molecule has 0 aromatic heterocycles. The molecule has 0 saturated carbocycles. The van der Waals surface area contributed by atoms with E-state index in [1.165, 1.54) is 36.4 Å². The van der Waals surface area contributed by atoms with Gasteiger partial charge in [-0.05, 0) is 41.3 Å². The lowest BCUT2D eigenvalue weighted by Crippen LogP contribution is -2.15. The standard InChI is InChI=1S/C22H12O8/c1-2-12-6-7-13-4-3-5-16-17(13)18(12)22(26)30-28-20(24)15-10-8-14(9-11-15)19(23)27-29-21(16)25/h2-11H,1H2. The lowest BCUT2D eigenvalue weighted by Gasteiger charge is -2.12. The molecule has 30 heavy (non-hydrogen) atoms. The van der Waals surface area contributed by atoms with Crippen molar-refractivity contribution in [3.63, 3.8) is 0 Å². The van der Waals surface area contributed by atoms with Gasteiger partial charge < -0.3 is 0 Å². The Morgan fingerprint density at radius 3 is 1.80 bits per heavy atom. The van der Waals surface area contributed by atoms with E-state index in [2.05, 4.69) is 16.4 Å². The fourth-order valence-electron chi connectivity index (χ4n) is 3.03. The Morgan fingerprint density at radius 1 is 0.633 bits per heavy atom. The number of fused-ring (bicyclic) bond motifs is 8. The number of carbonyl (C=O) groups is 4. The summed E-state index contributed by atoms with van der Waals surface area (Å²) in [4.78, 5) is 68.4. The van der Waals surface area contributed by atoms with Crippen LogP contribution in [0.5, 0.6) is 0 Å². The third kappa shape index (κ3) is 3.26. The van der Waals surface area contributed by atoms with Crippen LogP contribution in [-0.2, 0) is 19.6 Å². The molecule has 3 aromatic rings. The van der Waals surface area contributed by atoms with Gasteiger partial charge >= 0.3 is 23.9 Å². The van der Waals surface area contributed by atoms with E-state index in [0.717, 1.165) is 0 Å². The van der Waals surface area contributed by atoms with E-state index in [4.69, 9.17) is 9.78 Å². The number of hydrogen-bond acceptors (Lipinski definition) is 8. The van der Waals surface area contributed by atoms with Crippen molar-refractivity contribution in [3.05, 3.63) is 89.0 Å². The molecular formula is C22H12O8. The number of rotatable bonds is 1. The zero-order chi connectivity index (χ0) is 21.3. The molecule has 2 heterocycles. The third-order valence-electron chi connectivity index (χ3n) is 4.46. The monoisotopic (exact) mass is 404 g/mol. The van der Waals surface area contributed by atoms with Crippen LogP contribution in [0.4, 0.5) is 0 Å². The fourth-order valence-corrected chi connectivity index (χ4v) is 3.03. The normalized spacial score (nSPS) is 14.1. The fraction of sp³-hybridized carbons (Fsp3) is 0. The van der Waals surface area contributed by atoms with Crippen LogP contribution in [-0.4, -0.2) is 23.9 Å². The molecular weight excluding hydrogens is 392 g/mol. The topological polar surface area (TPSA) is 105 Å². The summed E-state index contributed by atoms with van der Waals surface area (Å²) in [7, 11) is 0. The van der Waals surface area contributed by atoms with Gasteiger partial charge in [-0.1, -0.05) is 36.9 Å². The van der Waals surface area contributed by atoms with Gasteiger partial charge in [0.15, 0.2) is 0 Å². The molecule has 0 saturated heterocycles. The van der Waals surface area contributed by atoms with E-state index in [1.807, 2.05) is 0 Å². The van der Waals surface area contributed by atoms with Crippen LogP contribution < -0.4 is 0 Å². The van der Waals surface area contributed by atoms with Crippen molar-refractivity contribution in [2.75, 3.05) is 0 Å². The molecule has 0 atom stereocenters. The van der Waals surface area contributed by atoms with E-state index in [-0.39, 0.29) is 27.6 Å². The summed E-state index contributed by atoms with van der Waals surface area (Å²) < 4.78 is 0. The largest absolute Gasteiger partial charge is 0.387 e. The minimum Gasteiger partial charge on any atom is -0.242 e. The second-order valence-electron chi connectivity index (χ2n) is 6.20. The Morgan fingerprint density at radius 2 is 1.20 bits per heavy atom. The van der Waals surface area contributed by atoms with Crippen LogP contribution in [0.15, 0.2) is 61.2 Å². The van der Waals surface area contributed by atoms with Crippen molar-refractivity contribution < 1.29 is 38.7 Å². The van der Waals surface area contributed by atoms with Crippen molar-refractivity contribution >= 4 is 40.7 Å². The van der Waals surface area contributed by atoms with E-state index in [9.17, 15) is 19.2 Å². The second-order valence-corrected chi connectivity index (χ2v) is 6.20. The Hall–Kier alpha value is -4.46. The van der Waals surface area contributed by atoms with Crippen molar-refractivity contribution in [1.82, 2.24) is 0 Å². The first kappa shape index (κ1) is 18.9. The Labute approximate surface area is 169 Å². The van der Waals surface area contributed by atoms with Crippen LogP contribution in [0, 0.1) is 0 Å². The number of hydrogen-bond donors (Lipinski definition) is 0. The molecule has 8 nitrogen and oxygen atoms in total. The van der Waals surface area contributed by atoms with Crippen LogP contribution in [0.3, 0.4) is 0 Å². The summed E-state index contributed by atoms with van der Waals surface area (Å²) >= 11 is 0. The maximum absolute atomic E-state index is 12.8. The van der Waals surface area contributed by atoms with Crippen molar-refractivity contribution in [1.29, 1.82) is 0 Å². The highest BCUT2D eigenvalue weighted by Crippen LogP contribution is 2.29. The smallest absolute Gasteiger partial charge is 0.242 e. The summed E-state index contributed by atoms with van der Waals surface area (Å²) in [5, 5.41) is 0.655. The minimum absolute atomic E-state index is 0.0220. The van der Waals surface area contributed by atoms with Gasteiger partial charge in [-0.3, -0.25) is 0 Å². The molecule has 148 valence electrons. The van der Waals surface area contributed by atoms with Gasteiger partial charge in [-0.25, -0.2) is 38.7 Å². The lowest BCUT2D eigenvalue weighted by molar-refractivity contribution is -0.187. The molecule has 0 unspecified atom stereocenters. The summed E-state index contributed by atoms with van der Waals surface area (Å²) in [6.07, 6.45) is 1.38. The predicted molar refractivity (Wildman–Crippen MR) is 102 cm³/mol. The van der Waals surface area contributed by atoms with Gasteiger partial charge in [-0.15, -0.1) is 0 Å². The molecule has 0 aliphatic carbocycles. The molecule has 0 spiro atoms. The van der Waals surface area contributed by atoms with Gasteiger partial charge in [0, 0.05) is 5.39 Å². The average Bonchev–Trinajstić information content (AvgIpc) is 2.79. The van der Waals surface area contributed by atoms with Crippen molar-refractivity contribution in [2.24, 2.45) is 0 Å². The highest BCUT2D eigenvalue weighted by Gasteiger charge is 2.25. The molecule has 2 aliphatic rings. The zero-order valence-corrected chi connectivity index (χ0v) is 15.2. The molecule has 3 aromatic carbocycles. The highest BCUT2D eigenvalue weighted by atomic mass is 17.2. The zero-order valence-electron chi connectivity index (χ0n) is 15.2. The maximum Gasteiger partial charge on any atom is 0.387 e. The van der Waals surface area contributed by atoms with E-state index in [0.29, 0.717) is 10.9 Å². The summed E-state index contributed by atoms with van der Waals surface area (Å²) in [6.45, 7) is 3.65. The summed E-state index contributed by atoms with van der Waals surface area (Å²) in [5.74, 6) is -3.93. The van der Waals surface area contributed by atoms with Crippen LogP contribution in [0.2, 0.25) is 0 Å².